The molecular formula is C17H25ClN2O. The summed E-state index contributed by atoms with van der Waals surface area (Å²) in [6.07, 6.45) is 4.42. The van der Waals surface area contributed by atoms with Crippen LogP contribution in [0.1, 0.15) is 51.1 Å². The third-order valence-electron chi connectivity index (χ3n) is 4.47. The van der Waals surface area contributed by atoms with Crippen LogP contribution in [0.15, 0.2) is 24.3 Å². The molecule has 0 aromatic heterocycles. The van der Waals surface area contributed by atoms with Gasteiger partial charge in [-0.1, -0.05) is 43.5 Å². The van der Waals surface area contributed by atoms with E-state index < -0.39 is 0 Å². The Labute approximate surface area is 132 Å². The van der Waals surface area contributed by atoms with Crippen molar-refractivity contribution in [3.05, 3.63) is 34.9 Å². The maximum absolute atomic E-state index is 12.8. The van der Waals surface area contributed by atoms with E-state index in [0.717, 1.165) is 30.8 Å². The minimum Gasteiger partial charge on any atom is -0.335 e. The molecule has 1 aromatic rings. The molecule has 1 saturated heterocycles. The molecule has 1 amide bonds. The van der Waals surface area contributed by atoms with Gasteiger partial charge in [0.05, 0.1) is 12.0 Å². The lowest BCUT2D eigenvalue weighted by molar-refractivity contribution is -0.138. The maximum Gasteiger partial charge on any atom is 0.227 e. The highest BCUT2D eigenvalue weighted by atomic mass is 35.5. The molecule has 3 nitrogen and oxygen atoms in total. The minimum atomic E-state index is -0.141. The Hall–Kier alpha value is -1.06. The number of nitrogens with zero attached hydrogens (tertiary/aromatic N) is 1. The van der Waals surface area contributed by atoms with Crippen molar-refractivity contribution < 1.29 is 4.79 Å². The van der Waals surface area contributed by atoms with Crippen molar-refractivity contribution in [2.75, 3.05) is 6.54 Å². The summed E-state index contributed by atoms with van der Waals surface area (Å²) < 4.78 is 0. The molecule has 1 aliphatic heterocycles. The van der Waals surface area contributed by atoms with Crippen LogP contribution in [0, 0.1) is 5.92 Å². The molecule has 3 atom stereocenters. The highest BCUT2D eigenvalue weighted by Crippen LogP contribution is 2.32. The zero-order valence-electron chi connectivity index (χ0n) is 12.9. The van der Waals surface area contributed by atoms with Gasteiger partial charge in [0, 0.05) is 17.6 Å². The summed E-state index contributed by atoms with van der Waals surface area (Å²) in [6.45, 7) is 4.65. The first-order valence-corrected chi connectivity index (χ1v) is 8.20. The fraction of sp³-hybridized carbons (Fsp3) is 0.588. The van der Waals surface area contributed by atoms with Crippen molar-refractivity contribution in [2.45, 2.75) is 51.6 Å². The molecule has 1 aromatic carbocycles. The molecule has 4 heteroatoms. The molecule has 21 heavy (non-hydrogen) atoms. The summed E-state index contributed by atoms with van der Waals surface area (Å²) in [5.74, 6) is 0.0322. The summed E-state index contributed by atoms with van der Waals surface area (Å²) in [5, 5.41) is 0.731. The second kappa shape index (κ2) is 7.28. The molecule has 3 unspecified atom stereocenters. The van der Waals surface area contributed by atoms with Gasteiger partial charge in [-0.25, -0.2) is 0 Å². The monoisotopic (exact) mass is 308 g/mol. The highest BCUT2D eigenvalue weighted by molar-refractivity contribution is 6.30. The van der Waals surface area contributed by atoms with Crippen LogP contribution in [0.3, 0.4) is 0 Å². The molecule has 0 bridgehead atoms. The van der Waals surface area contributed by atoms with Crippen LogP contribution in [0.25, 0.3) is 0 Å². The van der Waals surface area contributed by atoms with Gasteiger partial charge in [0.2, 0.25) is 5.91 Å². The topological polar surface area (TPSA) is 46.3 Å². The average Bonchev–Trinajstić information content (AvgIpc) is 2.72. The summed E-state index contributed by atoms with van der Waals surface area (Å²) >= 11 is 5.98. The Balaban J connectivity index is 2.25. The zero-order valence-corrected chi connectivity index (χ0v) is 13.6. The van der Waals surface area contributed by atoms with Gasteiger partial charge < -0.3 is 10.6 Å². The largest absolute Gasteiger partial charge is 0.335 e. The minimum absolute atomic E-state index is 0.119. The SMILES string of the molecule is CC(N)C(C)C(=O)N1CCCCCC1c1ccc(Cl)cc1. The lowest BCUT2D eigenvalue weighted by Crippen LogP contribution is -2.43. The quantitative estimate of drug-likeness (QED) is 0.924. The van der Waals surface area contributed by atoms with Gasteiger partial charge in [0.15, 0.2) is 0 Å². The van der Waals surface area contributed by atoms with E-state index in [1.54, 1.807) is 0 Å². The summed E-state index contributed by atoms with van der Waals surface area (Å²) in [4.78, 5) is 14.8. The van der Waals surface area contributed by atoms with Crippen LogP contribution in [-0.2, 0) is 4.79 Å². The van der Waals surface area contributed by atoms with E-state index in [4.69, 9.17) is 17.3 Å². The van der Waals surface area contributed by atoms with E-state index in [1.165, 1.54) is 12.0 Å². The molecule has 1 fully saturated rings. The van der Waals surface area contributed by atoms with Gasteiger partial charge in [-0.2, -0.15) is 0 Å². The van der Waals surface area contributed by atoms with Crippen molar-refractivity contribution in [1.82, 2.24) is 4.90 Å². The summed E-state index contributed by atoms with van der Waals surface area (Å²) in [5.41, 5.74) is 7.09. The van der Waals surface area contributed by atoms with Crippen molar-refractivity contribution in [3.63, 3.8) is 0 Å². The van der Waals surface area contributed by atoms with E-state index in [9.17, 15) is 4.79 Å². The van der Waals surface area contributed by atoms with E-state index >= 15 is 0 Å². The number of carbonyl (C=O) groups excluding carboxylic acids is 1. The van der Waals surface area contributed by atoms with Crippen LogP contribution in [0.2, 0.25) is 5.02 Å². The number of hydrogen-bond donors (Lipinski definition) is 1. The molecule has 0 radical (unpaired) electrons. The molecule has 0 spiro atoms. The van der Waals surface area contributed by atoms with Gasteiger partial charge in [-0.3, -0.25) is 4.79 Å². The number of nitrogens with two attached hydrogens (primary N) is 1. The molecule has 1 heterocycles. The highest BCUT2D eigenvalue weighted by Gasteiger charge is 2.30. The van der Waals surface area contributed by atoms with Crippen molar-refractivity contribution in [3.8, 4) is 0 Å². The fourth-order valence-electron chi connectivity index (χ4n) is 2.89. The Morgan fingerprint density at radius 3 is 2.52 bits per heavy atom. The van der Waals surface area contributed by atoms with Gasteiger partial charge >= 0.3 is 0 Å². The smallest absolute Gasteiger partial charge is 0.227 e. The van der Waals surface area contributed by atoms with Crippen molar-refractivity contribution in [2.24, 2.45) is 11.7 Å². The number of rotatable bonds is 3. The van der Waals surface area contributed by atoms with Crippen molar-refractivity contribution >= 4 is 17.5 Å². The van der Waals surface area contributed by atoms with Gasteiger partial charge in [-0.05, 0) is 37.5 Å². The summed E-state index contributed by atoms with van der Waals surface area (Å²) in [6, 6.07) is 7.91. The normalized spacial score (nSPS) is 22.5. The molecule has 0 aliphatic carbocycles. The standard InChI is InChI=1S/C17H25ClN2O/c1-12(13(2)19)17(21)20-11-5-3-4-6-16(20)14-7-9-15(18)10-8-14/h7-10,12-13,16H,3-6,11,19H2,1-2H3. The Bertz CT molecular complexity index is 472. The van der Waals surface area contributed by atoms with Crippen molar-refractivity contribution in [1.29, 1.82) is 0 Å². The first-order chi connectivity index (χ1) is 10.0. The molecule has 2 N–H and O–H groups in total. The zero-order chi connectivity index (χ0) is 15.4. The van der Waals surface area contributed by atoms with Crippen LogP contribution in [0.4, 0.5) is 0 Å². The van der Waals surface area contributed by atoms with Gasteiger partial charge in [-0.15, -0.1) is 0 Å². The van der Waals surface area contributed by atoms with Crippen LogP contribution in [-0.4, -0.2) is 23.4 Å². The number of hydrogen-bond acceptors (Lipinski definition) is 2. The number of amides is 1. The van der Waals surface area contributed by atoms with E-state index in [0.29, 0.717) is 0 Å². The number of benzene rings is 1. The third-order valence-corrected chi connectivity index (χ3v) is 4.72. The van der Waals surface area contributed by atoms with Crippen LogP contribution >= 0.6 is 11.6 Å². The van der Waals surface area contributed by atoms with Gasteiger partial charge in [0.1, 0.15) is 0 Å². The molecule has 2 rings (SSSR count). The van der Waals surface area contributed by atoms with Crippen LogP contribution < -0.4 is 5.73 Å². The third kappa shape index (κ3) is 3.98. The molecular weight excluding hydrogens is 284 g/mol. The number of carbonyl (C=O) groups is 1. The number of halogens is 1. The first kappa shape index (κ1) is 16.3. The van der Waals surface area contributed by atoms with Crippen LogP contribution in [0.5, 0.6) is 0 Å². The summed E-state index contributed by atoms with van der Waals surface area (Å²) in [7, 11) is 0. The fourth-order valence-corrected chi connectivity index (χ4v) is 3.02. The average molecular weight is 309 g/mol. The predicted octanol–water partition coefficient (Wildman–Crippen LogP) is 3.77. The van der Waals surface area contributed by atoms with E-state index in [2.05, 4.69) is 0 Å². The van der Waals surface area contributed by atoms with E-state index in [-0.39, 0.29) is 23.9 Å². The lowest BCUT2D eigenvalue weighted by atomic mass is 9.97. The Kier molecular flexibility index (Phi) is 5.65. The first-order valence-electron chi connectivity index (χ1n) is 7.82. The second-order valence-electron chi connectivity index (χ2n) is 6.10. The Morgan fingerprint density at radius 2 is 1.90 bits per heavy atom. The molecule has 0 saturated carbocycles. The van der Waals surface area contributed by atoms with E-state index in [1.807, 2.05) is 43.0 Å². The Morgan fingerprint density at radius 1 is 1.24 bits per heavy atom. The second-order valence-corrected chi connectivity index (χ2v) is 6.53. The maximum atomic E-state index is 12.8. The predicted molar refractivity (Wildman–Crippen MR) is 87.2 cm³/mol. The van der Waals surface area contributed by atoms with Gasteiger partial charge in [0.25, 0.3) is 0 Å². The molecule has 116 valence electrons. The number of likely N-dealkylation sites (tertiary alicyclic amines) is 1. The lowest BCUT2D eigenvalue weighted by Gasteiger charge is -2.33. The molecule has 1 aliphatic rings.